The standard InChI is InChI=1S/C28H31N5O/c1-20(2)17-32-28(34)25-11-6-14-33(25)27(22-8-3-7-21(15-22)16-29)26(23-9-4-12-30-18-23)24-10-5-13-31-19-24/h3-5,7-10,12-13,15,18-20,25-27H,6,11,14,17H2,1-2H3,(H,32,34)/t25-,27?/m0/s1. The van der Waals surface area contributed by atoms with E-state index in [9.17, 15) is 10.1 Å². The van der Waals surface area contributed by atoms with Crippen LogP contribution in [0.5, 0.6) is 0 Å². The van der Waals surface area contributed by atoms with E-state index in [1.165, 1.54) is 0 Å². The van der Waals surface area contributed by atoms with Crippen LogP contribution in [0.4, 0.5) is 0 Å². The molecular weight excluding hydrogens is 422 g/mol. The predicted molar refractivity (Wildman–Crippen MR) is 132 cm³/mol. The Hall–Kier alpha value is -3.56. The maximum absolute atomic E-state index is 13.3. The van der Waals surface area contributed by atoms with Gasteiger partial charge in [0.1, 0.15) is 0 Å². The van der Waals surface area contributed by atoms with Crippen LogP contribution in [-0.4, -0.2) is 39.9 Å². The van der Waals surface area contributed by atoms with Gasteiger partial charge in [0.25, 0.3) is 0 Å². The zero-order valence-corrected chi connectivity index (χ0v) is 19.8. The summed E-state index contributed by atoms with van der Waals surface area (Å²) in [6.45, 7) is 5.66. The van der Waals surface area contributed by atoms with Crippen LogP contribution in [0.25, 0.3) is 0 Å². The molecule has 0 aliphatic carbocycles. The molecule has 1 aromatic carbocycles. The van der Waals surface area contributed by atoms with Gasteiger partial charge < -0.3 is 5.32 Å². The van der Waals surface area contributed by atoms with E-state index in [-0.39, 0.29) is 23.9 Å². The van der Waals surface area contributed by atoms with Crippen molar-refractivity contribution in [1.29, 1.82) is 5.26 Å². The number of aromatic nitrogens is 2. The van der Waals surface area contributed by atoms with Gasteiger partial charge in [-0.2, -0.15) is 5.26 Å². The average Bonchev–Trinajstić information content (AvgIpc) is 3.36. The number of hydrogen-bond acceptors (Lipinski definition) is 5. The van der Waals surface area contributed by atoms with Crippen molar-refractivity contribution in [2.45, 2.75) is 44.7 Å². The summed E-state index contributed by atoms with van der Waals surface area (Å²) in [5, 5.41) is 12.7. The fourth-order valence-electron chi connectivity index (χ4n) is 4.87. The van der Waals surface area contributed by atoms with E-state index in [4.69, 9.17) is 0 Å². The quantitative estimate of drug-likeness (QED) is 0.545. The van der Waals surface area contributed by atoms with Gasteiger partial charge in [0.05, 0.1) is 17.7 Å². The number of pyridine rings is 2. The van der Waals surface area contributed by atoms with Gasteiger partial charge in [0, 0.05) is 43.3 Å². The Morgan fingerprint density at radius 3 is 2.35 bits per heavy atom. The first-order valence-electron chi connectivity index (χ1n) is 11.9. The third-order valence-corrected chi connectivity index (χ3v) is 6.40. The Kier molecular flexibility index (Phi) is 7.66. The lowest BCUT2D eigenvalue weighted by atomic mass is 9.81. The Morgan fingerprint density at radius 2 is 1.76 bits per heavy atom. The Balaban J connectivity index is 1.83. The molecule has 2 aromatic heterocycles. The number of nitriles is 1. The van der Waals surface area contributed by atoms with Crippen LogP contribution >= 0.6 is 0 Å². The second-order valence-electron chi connectivity index (χ2n) is 9.27. The van der Waals surface area contributed by atoms with E-state index in [0.29, 0.717) is 18.0 Å². The number of carbonyl (C=O) groups is 1. The predicted octanol–water partition coefficient (Wildman–Crippen LogP) is 4.46. The van der Waals surface area contributed by atoms with Crippen LogP contribution < -0.4 is 5.32 Å². The lowest BCUT2D eigenvalue weighted by Gasteiger charge is -2.38. The normalized spacial score (nSPS) is 17.0. The molecule has 1 aliphatic rings. The number of rotatable bonds is 8. The Morgan fingerprint density at radius 1 is 1.09 bits per heavy atom. The number of amides is 1. The average molecular weight is 454 g/mol. The van der Waals surface area contributed by atoms with Crippen LogP contribution in [0.3, 0.4) is 0 Å². The van der Waals surface area contributed by atoms with Crippen molar-refractivity contribution >= 4 is 5.91 Å². The first-order chi connectivity index (χ1) is 16.6. The smallest absolute Gasteiger partial charge is 0.237 e. The van der Waals surface area contributed by atoms with Crippen LogP contribution in [0, 0.1) is 17.2 Å². The SMILES string of the molecule is CC(C)CNC(=O)[C@@H]1CCCN1C(c1cccc(C#N)c1)C(c1cccnc1)c1cccnc1. The second kappa shape index (κ2) is 11.0. The van der Waals surface area contributed by atoms with E-state index in [1.54, 1.807) is 12.4 Å². The van der Waals surface area contributed by atoms with Crippen molar-refractivity contribution in [2.75, 3.05) is 13.1 Å². The largest absolute Gasteiger partial charge is 0.354 e. The number of nitrogens with zero attached hydrogens (tertiary/aromatic N) is 4. The molecule has 0 saturated carbocycles. The summed E-state index contributed by atoms with van der Waals surface area (Å²) in [4.78, 5) is 24.4. The number of likely N-dealkylation sites (tertiary alicyclic amines) is 1. The number of hydrogen-bond donors (Lipinski definition) is 1. The monoisotopic (exact) mass is 453 g/mol. The van der Waals surface area contributed by atoms with E-state index in [0.717, 1.165) is 36.1 Å². The summed E-state index contributed by atoms with van der Waals surface area (Å²) in [5.41, 5.74) is 3.73. The summed E-state index contributed by atoms with van der Waals surface area (Å²) in [6.07, 6.45) is 9.08. The summed E-state index contributed by atoms with van der Waals surface area (Å²) in [6, 6.07) is 17.7. The molecule has 0 bridgehead atoms. The fourth-order valence-corrected chi connectivity index (χ4v) is 4.87. The molecule has 0 radical (unpaired) electrons. The second-order valence-corrected chi connectivity index (χ2v) is 9.27. The van der Waals surface area contributed by atoms with Gasteiger partial charge in [-0.25, -0.2) is 0 Å². The van der Waals surface area contributed by atoms with Crippen LogP contribution in [0.1, 0.15) is 60.9 Å². The molecule has 1 unspecified atom stereocenters. The van der Waals surface area contributed by atoms with Gasteiger partial charge in [-0.05, 0) is 66.3 Å². The zero-order valence-electron chi connectivity index (χ0n) is 19.8. The zero-order chi connectivity index (χ0) is 23.9. The molecule has 3 aromatic rings. The van der Waals surface area contributed by atoms with Gasteiger partial charge in [-0.15, -0.1) is 0 Å². The number of nitrogens with one attached hydrogen (secondary N) is 1. The maximum Gasteiger partial charge on any atom is 0.237 e. The first-order valence-corrected chi connectivity index (χ1v) is 11.9. The third-order valence-electron chi connectivity index (χ3n) is 6.40. The minimum atomic E-state index is -0.231. The van der Waals surface area contributed by atoms with E-state index >= 15 is 0 Å². The summed E-state index contributed by atoms with van der Waals surface area (Å²) >= 11 is 0. The molecule has 2 atom stereocenters. The highest BCUT2D eigenvalue weighted by atomic mass is 16.2. The third kappa shape index (κ3) is 5.32. The number of benzene rings is 1. The van der Waals surface area contributed by atoms with Crippen molar-refractivity contribution in [2.24, 2.45) is 5.92 Å². The molecule has 1 aliphatic heterocycles. The summed E-state index contributed by atoms with van der Waals surface area (Å²) in [7, 11) is 0. The highest BCUT2D eigenvalue weighted by Crippen LogP contribution is 2.43. The molecule has 6 heteroatoms. The molecule has 6 nitrogen and oxygen atoms in total. The van der Waals surface area contributed by atoms with Crippen molar-refractivity contribution in [1.82, 2.24) is 20.2 Å². The lowest BCUT2D eigenvalue weighted by Crippen LogP contribution is -2.47. The molecule has 34 heavy (non-hydrogen) atoms. The molecule has 174 valence electrons. The highest BCUT2D eigenvalue weighted by molar-refractivity contribution is 5.82. The summed E-state index contributed by atoms with van der Waals surface area (Å²) < 4.78 is 0. The van der Waals surface area contributed by atoms with Crippen molar-refractivity contribution < 1.29 is 4.79 Å². The number of carbonyl (C=O) groups excluding carboxylic acids is 1. The van der Waals surface area contributed by atoms with Crippen LogP contribution in [0.15, 0.2) is 73.3 Å². The topological polar surface area (TPSA) is 81.9 Å². The van der Waals surface area contributed by atoms with Crippen LogP contribution in [-0.2, 0) is 4.79 Å². The maximum atomic E-state index is 13.3. The minimum Gasteiger partial charge on any atom is -0.354 e. The van der Waals surface area contributed by atoms with Crippen molar-refractivity contribution in [3.05, 3.63) is 95.6 Å². The molecule has 1 saturated heterocycles. The molecule has 1 fully saturated rings. The molecule has 1 amide bonds. The van der Waals surface area contributed by atoms with Gasteiger partial charge in [0.15, 0.2) is 0 Å². The Bertz CT molecular complexity index is 1090. The van der Waals surface area contributed by atoms with Gasteiger partial charge in [-0.3, -0.25) is 19.7 Å². The van der Waals surface area contributed by atoms with Gasteiger partial charge >= 0.3 is 0 Å². The van der Waals surface area contributed by atoms with Crippen molar-refractivity contribution in [3.63, 3.8) is 0 Å². The minimum absolute atomic E-state index is 0.0729. The molecule has 3 heterocycles. The van der Waals surface area contributed by atoms with Gasteiger partial charge in [-0.1, -0.05) is 38.1 Å². The molecular formula is C28H31N5O. The van der Waals surface area contributed by atoms with Crippen molar-refractivity contribution in [3.8, 4) is 6.07 Å². The van der Waals surface area contributed by atoms with E-state index < -0.39 is 0 Å². The van der Waals surface area contributed by atoms with E-state index in [1.807, 2.05) is 42.7 Å². The Labute approximate surface area is 201 Å². The summed E-state index contributed by atoms with van der Waals surface area (Å²) in [5.74, 6) is 0.360. The molecule has 1 N–H and O–H groups in total. The molecule has 4 rings (SSSR count). The highest BCUT2D eigenvalue weighted by Gasteiger charge is 2.40. The first kappa shape index (κ1) is 23.6. The van der Waals surface area contributed by atoms with Crippen LogP contribution in [0.2, 0.25) is 0 Å². The van der Waals surface area contributed by atoms with Gasteiger partial charge in [0.2, 0.25) is 5.91 Å². The molecule has 0 spiro atoms. The lowest BCUT2D eigenvalue weighted by molar-refractivity contribution is -0.126. The fraction of sp³-hybridized carbons (Fsp3) is 0.357. The van der Waals surface area contributed by atoms with E-state index in [2.05, 4.69) is 58.3 Å².